The predicted molar refractivity (Wildman–Crippen MR) is 96.2 cm³/mol. The molecule has 132 valence electrons. The van der Waals surface area contributed by atoms with E-state index in [1.54, 1.807) is 19.2 Å². The topological polar surface area (TPSA) is 84.6 Å². The normalized spacial score (nSPS) is 18.5. The van der Waals surface area contributed by atoms with Crippen LogP contribution in [0.2, 0.25) is 0 Å². The summed E-state index contributed by atoms with van der Waals surface area (Å²) >= 11 is 0. The number of ether oxygens (including phenoxy) is 1. The van der Waals surface area contributed by atoms with E-state index >= 15 is 0 Å². The Bertz CT molecular complexity index is 650. The summed E-state index contributed by atoms with van der Waals surface area (Å²) in [6.45, 7) is 6.52. The molecule has 2 rings (SSSR count). The van der Waals surface area contributed by atoms with Gasteiger partial charge in [0.1, 0.15) is 5.60 Å². The van der Waals surface area contributed by atoms with Gasteiger partial charge in [-0.05, 0) is 63.8 Å². The van der Waals surface area contributed by atoms with Gasteiger partial charge in [0.25, 0.3) is 0 Å². The lowest BCUT2D eigenvalue weighted by Crippen LogP contribution is -2.49. The number of carbonyl (C=O) groups excluding carboxylic acids is 1. The van der Waals surface area contributed by atoms with Gasteiger partial charge in [-0.2, -0.15) is 0 Å². The number of amides is 1. The summed E-state index contributed by atoms with van der Waals surface area (Å²) < 4.78 is 5.29. The van der Waals surface area contributed by atoms with Crippen molar-refractivity contribution in [1.29, 1.82) is 0 Å². The van der Waals surface area contributed by atoms with Gasteiger partial charge in [0.15, 0.2) is 0 Å². The fourth-order valence-electron chi connectivity index (χ4n) is 3.09. The number of benzene rings is 1. The van der Waals surface area contributed by atoms with Crippen molar-refractivity contribution in [2.75, 3.05) is 19.0 Å². The summed E-state index contributed by atoms with van der Waals surface area (Å²) in [5, 5.41) is 14.6. The first-order valence-corrected chi connectivity index (χ1v) is 8.30. The maximum absolute atomic E-state index is 11.4. The van der Waals surface area contributed by atoms with Gasteiger partial charge in [-0.15, -0.1) is 0 Å². The minimum absolute atomic E-state index is 0.152. The molecule has 0 radical (unpaired) electrons. The number of carbonyl (C=O) groups is 1. The molecule has 0 saturated carbocycles. The second-order valence-electron chi connectivity index (χ2n) is 6.95. The van der Waals surface area contributed by atoms with Crippen LogP contribution in [0.4, 0.5) is 5.69 Å². The molecule has 1 aliphatic rings. The molecule has 0 fully saturated rings. The average Bonchev–Trinajstić information content (AvgIpc) is 2.96. The molecule has 5 nitrogen and oxygen atoms in total. The van der Waals surface area contributed by atoms with Crippen molar-refractivity contribution in [3.63, 3.8) is 0 Å². The molecular weight excluding hydrogens is 304 g/mol. The van der Waals surface area contributed by atoms with Gasteiger partial charge in [0.05, 0.1) is 12.6 Å². The minimum atomic E-state index is -0.975. The Morgan fingerprint density at radius 2 is 2.12 bits per heavy atom. The van der Waals surface area contributed by atoms with Gasteiger partial charge < -0.3 is 20.9 Å². The number of methoxy groups -OCH3 is 1. The summed E-state index contributed by atoms with van der Waals surface area (Å²) in [6.07, 6.45) is 2.08. The number of aliphatic hydroxyl groups is 1. The molecule has 1 aliphatic heterocycles. The van der Waals surface area contributed by atoms with Gasteiger partial charge in [0.2, 0.25) is 5.91 Å². The number of nitrogens with one attached hydrogen (secondary N) is 1. The number of hydrogen-bond donors (Lipinski definition) is 3. The van der Waals surface area contributed by atoms with E-state index in [1.165, 1.54) is 11.1 Å². The van der Waals surface area contributed by atoms with Gasteiger partial charge in [-0.1, -0.05) is 11.1 Å². The van der Waals surface area contributed by atoms with Gasteiger partial charge in [-0.3, -0.25) is 4.79 Å². The summed E-state index contributed by atoms with van der Waals surface area (Å²) in [5.41, 5.74) is 9.39. The lowest BCUT2D eigenvalue weighted by atomic mass is 9.86. The first kappa shape index (κ1) is 18.5. The Morgan fingerprint density at radius 3 is 2.71 bits per heavy atom. The van der Waals surface area contributed by atoms with Crippen LogP contribution < -0.4 is 11.1 Å². The van der Waals surface area contributed by atoms with E-state index < -0.39 is 11.5 Å². The third-order valence-electron chi connectivity index (χ3n) is 4.97. The Balaban J connectivity index is 2.17. The van der Waals surface area contributed by atoms with E-state index in [9.17, 15) is 9.90 Å². The molecule has 24 heavy (non-hydrogen) atoms. The largest absolute Gasteiger partial charge is 0.385 e. The summed E-state index contributed by atoms with van der Waals surface area (Å²) in [5.74, 6) is -0.437. The van der Waals surface area contributed by atoms with Crippen molar-refractivity contribution in [2.24, 2.45) is 5.73 Å². The summed E-state index contributed by atoms with van der Waals surface area (Å²) in [7, 11) is 1.60. The van der Waals surface area contributed by atoms with Gasteiger partial charge in [0, 0.05) is 18.4 Å². The van der Waals surface area contributed by atoms with Crippen LogP contribution in [0.5, 0.6) is 0 Å². The third-order valence-corrected chi connectivity index (χ3v) is 4.97. The highest BCUT2D eigenvalue weighted by Gasteiger charge is 2.40. The standard InChI is InChI=1S/C19H28N2O3/c1-12(2)13(3)7-8-19(23,11-24-4)17-10-15-9-14(18(20)22)5-6-16(15)21-17/h5-6,9,17,21,23H,7-8,10-11H2,1-4H3,(H2,20,22)/t17-,19-/m1/s1. The highest BCUT2D eigenvalue weighted by atomic mass is 16.5. The van der Waals surface area contributed by atoms with Gasteiger partial charge in [-0.25, -0.2) is 0 Å². The van der Waals surface area contributed by atoms with Crippen LogP contribution in [-0.2, 0) is 11.2 Å². The zero-order valence-corrected chi connectivity index (χ0v) is 15.0. The Labute approximate surface area is 143 Å². The molecule has 1 amide bonds. The van der Waals surface area contributed by atoms with E-state index in [-0.39, 0.29) is 12.6 Å². The summed E-state index contributed by atoms with van der Waals surface area (Å²) in [4.78, 5) is 11.4. The van der Waals surface area contributed by atoms with Crippen molar-refractivity contribution in [3.8, 4) is 0 Å². The number of anilines is 1. The molecular formula is C19H28N2O3. The van der Waals surface area contributed by atoms with Crippen molar-refractivity contribution in [2.45, 2.75) is 51.7 Å². The minimum Gasteiger partial charge on any atom is -0.385 e. The molecule has 0 aromatic heterocycles. The van der Waals surface area contributed by atoms with Crippen molar-refractivity contribution in [1.82, 2.24) is 0 Å². The number of fused-ring (bicyclic) bond motifs is 1. The highest BCUT2D eigenvalue weighted by molar-refractivity contribution is 5.93. The molecule has 0 aliphatic carbocycles. The number of nitrogens with two attached hydrogens (primary N) is 1. The van der Waals surface area contributed by atoms with E-state index in [0.29, 0.717) is 18.4 Å². The Hall–Kier alpha value is -1.85. The maximum Gasteiger partial charge on any atom is 0.248 e. The summed E-state index contributed by atoms with van der Waals surface area (Å²) in [6, 6.07) is 5.21. The smallest absolute Gasteiger partial charge is 0.248 e. The lowest BCUT2D eigenvalue weighted by Gasteiger charge is -2.34. The number of hydrogen-bond acceptors (Lipinski definition) is 4. The zero-order chi connectivity index (χ0) is 17.9. The molecule has 0 spiro atoms. The first-order chi connectivity index (χ1) is 11.3. The predicted octanol–water partition coefficient (Wildman–Crippen LogP) is 2.64. The van der Waals surface area contributed by atoms with Crippen LogP contribution in [0.3, 0.4) is 0 Å². The molecule has 1 aromatic carbocycles. The molecule has 0 unspecified atom stereocenters. The van der Waals surface area contributed by atoms with E-state index in [1.807, 2.05) is 6.07 Å². The number of allylic oxidation sites excluding steroid dienone is 2. The fraction of sp³-hybridized carbons (Fsp3) is 0.526. The fourth-order valence-corrected chi connectivity index (χ4v) is 3.09. The SMILES string of the molecule is COC[C@](O)(CCC(C)=C(C)C)[C@H]1Cc2cc(C(N)=O)ccc2N1. The van der Waals surface area contributed by atoms with Crippen LogP contribution in [-0.4, -0.2) is 36.4 Å². The monoisotopic (exact) mass is 332 g/mol. The third kappa shape index (κ3) is 3.97. The van der Waals surface area contributed by atoms with Crippen LogP contribution >= 0.6 is 0 Å². The second kappa shape index (κ2) is 7.36. The molecule has 5 heteroatoms. The maximum atomic E-state index is 11.4. The van der Waals surface area contributed by atoms with Crippen molar-refractivity contribution < 1.29 is 14.6 Å². The molecule has 1 aromatic rings. The quantitative estimate of drug-likeness (QED) is 0.670. The zero-order valence-electron chi connectivity index (χ0n) is 15.0. The average molecular weight is 332 g/mol. The highest BCUT2D eigenvalue weighted by Crippen LogP contribution is 2.34. The Kier molecular flexibility index (Phi) is 5.67. The lowest BCUT2D eigenvalue weighted by molar-refractivity contribution is -0.0489. The molecule has 2 atom stereocenters. The van der Waals surface area contributed by atoms with Crippen LogP contribution in [0, 0.1) is 0 Å². The first-order valence-electron chi connectivity index (χ1n) is 8.30. The molecule has 0 saturated heterocycles. The van der Waals surface area contributed by atoms with Crippen LogP contribution in [0.25, 0.3) is 0 Å². The molecule has 1 heterocycles. The van der Waals surface area contributed by atoms with E-state index in [2.05, 4.69) is 26.1 Å². The van der Waals surface area contributed by atoms with Crippen LogP contribution in [0.15, 0.2) is 29.3 Å². The second-order valence-corrected chi connectivity index (χ2v) is 6.95. The van der Waals surface area contributed by atoms with Crippen molar-refractivity contribution in [3.05, 3.63) is 40.5 Å². The van der Waals surface area contributed by atoms with E-state index in [0.717, 1.165) is 17.7 Å². The molecule has 4 N–H and O–H groups in total. The van der Waals surface area contributed by atoms with Crippen LogP contribution in [0.1, 0.15) is 49.5 Å². The van der Waals surface area contributed by atoms with E-state index in [4.69, 9.17) is 10.5 Å². The Morgan fingerprint density at radius 1 is 1.42 bits per heavy atom. The number of rotatable bonds is 7. The molecule has 0 bridgehead atoms. The number of primary amides is 1. The van der Waals surface area contributed by atoms with Gasteiger partial charge >= 0.3 is 0 Å². The van der Waals surface area contributed by atoms with Crippen molar-refractivity contribution >= 4 is 11.6 Å².